The SMILES string of the molecule is Cc1cc(N(C)c2ccc(C(=N)N)cc2)ccn1. The van der Waals surface area contributed by atoms with Gasteiger partial charge in [0, 0.05) is 35.9 Å². The zero-order valence-corrected chi connectivity index (χ0v) is 10.5. The molecule has 2 aromatic rings. The number of hydrogen-bond acceptors (Lipinski definition) is 3. The molecule has 3 N–H and O–H groups in total. The number of nitrogens with two attached hydrogens (primary N) is 1. The predicted octanol–water partition coefficient (Wildman–Crippen LogP) is 2.44. The van der Waals surface area contributed by atoms with Crippen LogP contribution < -0.4 is 10.6 Å². The Morgan fingerprint density at radius 1 is 1.17 bits per heavy atom. The maximum absolute atomic E-state index is 7.36. The number of aryl methyl sites for hydroxylation is 1. The Morgan fingerprint density at radius 2 is 1.83 bits per heavy atom. The lowest BCUT2D eigenvalue weighted by molar-refractivity contribution is 1.14. The Hall–Kier alpha value is -2.36. The molecule has 0 saturated carbocycles. The third-order valence-electron chi connectivity index (χ3n) is 2.83. The molecule has 1 heterocycles. The Balaban J connectivity index is 2.28. The molecule has 4 nitrogen and oxygen atoms in total. The number of benzene rings is 1. The second kappa shape index (κ2) is 4.87. The summed E-state index contributed by atoms with van der Waals surface area (Å²) < 4.78 is 0. The molecule has 0 aliphatic rings. The Bertz CT molecular complexity index is 560. The first-order valence-corrected chi connectivity index (χ1v) is 5.69. The van der Waals surface area contributed by atoms with Gasteiger partial charge in [0.2, 0.25) is 0 Å². The number of aromatic nitrogens is 1. The average Bonchev–Trinajstić information content (AvgIpc) is 2.38. The normalized spacial score (nSPS) is 10.1. The van der Waals surface area contributed by atoms with E-state index in [-0.39, 0.29) is 5.84 Å². The fraction of sp³-hybridized carbons (Fsp3) is 0.143. The molecule has 0 radical (unpaired) electrons. The van der Waals surface area contributed by atoms with E-state index in [4.69, 9.17) is 11.1 Å². The first-order chi connectivity index (χ1) is 8.58. The second-order valence-electron chi connectivity index (χ2n) is 4.17. The molecular formula is C14H16N4. The zero-order chi connectivity index (χ0) is 13.1. The standard InChI is InChI=1S/C14H16N4/c1-10-9-13(7-8-17-10)18(2)12-5-3-11(4-6-12)14(15)16/h3-9H,1-2H3,(H3,15,16). The van der Waals surface area contributed by atoms with Gasteiger partial charge in [0.15, 0.2) is 0 Å². The van der Waals surface area contributed by atoms with E-state index in [0.29, 0.717) is 0 Å². The van der Waals surface area contributed by atoms with Gasteiger partial charge in [-0.15, -0.1) is 0 Å². The van der Waals surface area contributed by atoms with Crippen LogP contribution in [-0.2, 0) is 0 Å². The maximum Gasteiger partial charge on any atom is 0.122 e. The average molecular weight is 240 g/mol. The van der Waals surface area contributed by atoms with Crippen LogP contribution >= 0.6 is 0 Å². The Morgan fingerprint density at radius 3 is 2.39 bits per heavy atom. The third kappa shape index (κ3) is 2.48. The number of nitrogen functional groups attached to an aromatic ring is 1. The van der Waals surface area contributed by atoms with Crippen LogP contribution in [0.3, 0.4) is 0 Å². The van der Waals surface area contributed by atoms with E-state index in [0.717, 1.165) is 22.6 Å². The fourth-order valence-corrected chi connectivity index (χ4v) is 1.75. The van der Waals surface area contributed by atoms with Crippen LogP contribution in [0.15, 0.2) is 42.6 Å². The van der Waals surface area contributed by atoms with Gasteiger partial charge in [0.1, 0.15) is 5.84 Å². The lowest BCUT2D eigenvalue weighted by Gasteiger charge is -2.19. The van der Waals surface area contributed by atoms with E-state index in [1.165, 1.54) is 0 Å². The van der Waals surface area contributed by atoms with E-state index in [9.17, 15) is 0 Å². The summed E-state index contributed by atoms with van der Waals surface area (Å²) in [5.74, 6) is 0.0870. The first-order valence-electron chi connectivity index (χ1n) is 5.69. The van der Waals surface area contributed by atoms with Gasteiger partial charge < -0.3 is 10.6 Å². The number of amidine groups is 1. The molecule has 0 spiro atoms. The summed E-state index contributed by atoms with van der Waals surface area (Å²) in [7, 11) is 2.00. The van der Waals surface area contributed by atoms with Crippen molar-refractivity contribution >= 4 is 17.2 Å². The second-order valence-corrected chi connectivity index (χ2v) is 4.17. The summed E-state index contributed by atoms with van der Waals surface area (Å²) in [5, 5.41) is 7.36. The van der Waals surface area contributed by atoms with Gasteiger partial charge in [0.05, 0.1) is 0 Å². The Labute approximate surface area is 107 Å². The largest absolute Gasteiger partial charge is 0.384 e. The molecule has 92 valence electrons. The summed E-state index contributed by atoms with van der Waals surface area (Å²) >= 11 is 0. The summed E-state index contributed by atoms with van der Waals surface area (Å²) in [6.07, 6.45) is 1.80. The number of rotatable bonds is 3. The molecule has 1 aromatic carbocycles. The molecule has 0 aliphatic heterocycles. The summed E-state index contributed by atoms with van der Waals surface area (Å²) in [6.45, 7) is 1.97. The maximum atomic E-state index is 7.36. The molecule has 0 bridgehead atoms. The molecule has 0 amide bonds. The van der Waals surface area contributed by atoms with Crippen molar-refractivity contribution in [1.82, 2.24) is 4.98 Å². The minimum absolute atomic E-state index is 0.0870. The van der Waals surface area contributed by atoms with Crippen molar-refractivity contribution in [3.8, 4) is 0 Å². The summed E-state index contributed by atoms with van der Waals surface area (Å²) in [4.78, 5) is 6.25. The molecule has 0 saturated heterocycles. The van der Waals surface area contributed by atoms with Crippen molar-refractivity contribution in [2.75, 3.05) is 11.9 Å². The number of nitrogens with zero attached hydrogens (tertiary/aromatic N) is 2. The highest BCUT2D eigenvalue weighted by molar-refractivity contribution is 5.95. The number of pyridine rings is 1. The van der Waals surface area contributed by atoms with Gasteiger partial charge in [-0.05, 0) is 43.3 Å². The number of hydrogen-bond donors (Lipinski definition) is 2. The monoisotopic (exact) mass is 240 g/mol. The molecule has 4 heteroatoms. The molecule has 1 aromatic heterocycles. The van der Waals surface area contributed by atoms with Crippen molar-refractivity contribution in [3.05, 3.63) is 53.9 Å². The van der Waals surface area contributed by atoms with E-state index in [1.54, 1.807) is 6.20 Å². The fourth-order valence-electron chi connectivity index (χ4n) is 1.75. The van der Waals surface area contributed by atoms with E-state index < -0.39 is 0 Å². The van der Waals surface area contributed by atoms with Gasteiger partial charge in [-0.1, -0.05) is 0 Å². The van der Waals surface area contributed by atoms with Crippen molar-refractivity contribution in [1.29, 1.82) is 5.41 Å². The van der Waals surface area contributed by atoms with Gasteiger partial charge in [-0.3, -0.25) is 10.4 Å². The quantitative estimate of drug-likeness (QED) is 0.639. The lowest BCUT2D eigenvalue weighted by Crippen LogP contribution is -2.12. The highest BCUT2D eigenvalue weighted by atomic mass is 15.1. The summed E-state index contributed by atoms with van der Waals surface area (Å²) in [6, 6.07) is 11.6. The molecule has 2 rings (SSSR count). The van der Waals surface area contributed by atoms with Crippen LogP contribution in [0, 0.1) is 12.3 Å². The van der Waals surface area contributed by atoms with Gasteiger partial charge >= 0.3 is 0 Å². The van der Waals surface area contributed by atoms with Gasteiger partial charge in [0.25, 0.3) is 0 Å². The van der Waals surface area contributed by atoms with Crippen LogP contribution in [0.4, 0.5) is 11.4 Å². The minimum atomic E-state index is 0.0870. The van der Waals surface area contributed by atoms with Crippen LogP contribution in [-0.4, -0.2) is 17.9 Å². The molecular weight excluding hydrogens is 224 g/mol. The van der Waals surface area contributed by atoms with Gasteiger partial charge in [-0.2, -0.15) is 0 Å². The van der Waals surface area contributed by atoms with Crippen LogP contribution in [0.25, 0.3) is 0 Å². The molecule has 0 atom stereocenters. The smallest absolute Gasteiger partial charge is 0.122 e. The number of nitrogens with one attached hydrogen (secondary N) is 1. The van der Waals surface area contributed by atoms with E-state index >= 15 is 0 Å². The van der Waals surface area contributed by atoms with Crippen molar-refractivity contribution in [2.45, 2.75) is 6.92 Å². The third-order valence-corrected chi connectivity index (χ3v) is 2.83. The van der Waals surface area contributed by atoms with Crippen LogP contribution in [0.5, 0.6) is 0 Å². The van der Waals surface area contributed by atoms with Crippen molar-refractivity contribution in [2.24, 2.45) is 5.73 Å². The first kappa shape index (κ1) is 12.1. The lowest BCUT2D eigenvalue weighted by atomic mass is 10.1. The Kier molecular flexibility index (Phi) is 3.28. The molecule has 18 heavy (non-hydrogen) atoms. The number of anilines is 2. The molecule has 0 unspecified atom stereocenters. The molecule has 0 fully saturated rings. The van der Waals surface area contributed by atoms with Crippen LogP contribution in [0.1, 0.15) is 11.3 Å². The minimum Gasteiger partial charge on any atom is -0.384 e. The van der Waals surface area contributed by atoms with E-state index in [1.807, 2.05) is 50.4 Å². The van der Waals surface area contributed by atoms with Crippen molar-refractivity contribution < 1.29 is 0 Å². The van der Waals surface area contributed by atoms with Crippen molar-refractivity contribution in [3.63, 3.8) is 0 Å². The molecule has 0 aliphatic carbocycles. The predicted molar refractivity (Wildman–Crippen MR) is 74.5 cm³/mol. The van der Waals surface area contributed by atoms with E-state index in [2.05, 4.69) is 9.88 Å². The van der Waals surface area contributed by atoms with Crippen LogP contribution in [0.2, 0.25) is 0 Å². The zero-order valence-electron chi connectivity index (χ0n) is 10.5. The highest BCUT2D eigenvalue weighted by Crippen LogP contribution is 2.23. The summed E-state index contributed by atoms with van der Waals surface area (Å²) in [5.41, 5.74) is 9.28. The van der Waals surface area contributed by atoms with Gasteiger partial charge in [-0.25, -0.2) is 0 Å². The topological polar surface area (TPSA) is 66.0 Å². The highest BCUT2D eigenvalue weighted by Gasteiger charge is 2.04.